The van der Waals surface area contributed by atoms with Gasteiger partial charge in [0.25, 0.3) is 0 Å². The van der Waals surface area contributed by atoms with E-state index in [9.17, 15) is 0 Å². The smallest absolute Gasteiger partial charge is 0.193 e. The molecule has 1 heterocycles. The molecule has 0 aromatic heterocycles. The monoisotopic (exact) mass is 407 g/mol. The summed E-state index contributed by atoms with van der Waals surface area (Å²) in [5.41, 5.74) is 6.66. The minimum atomic E-state index is 0. The molecule has 3 N–H and O–H groups in total. The number of hydrogen-bond acceptors (Lipinski definition) is 4. The van der Waals surface area contributed by atoms with Crippen LogP contribution in [0.2, 0.25) is 0 Å². The number of nitrogens with one attached hydrogen (secondary N) is 1. The summed E-state index contributed by atoms with van der Waals surface area (Å²) < 4.78 is 15.9. The zero-order valence-corrected chi connectivity index (χ0v) is 14.6. The quantitative estimate of drug-likeness (QED) is 0.445. The maximum Gasteiger partial charge on any atom is 0.193 e. The van der Waals surface area contributed by atoms with Crippen LogP contribution in [-0.2, 0) is 4.74 Å². The van der Waals surface area contributed by atoms with E-state index in [-0.39, 0.29) is 30.1 Å². The summed E-state index contributed by atoms with van der Waals surface area (Å²) in [6.07, 6.45) is 2.34. The Morgan fingerprint density at radius 2 is 2.14 bits per heavy atom. The van der Waals surface area contributed by atoms with E-state index in [2.05, 4.69) is 10.3 Å². The molecule has 0 spiro atoms. The second-order valence-electron chi connectivity index (χ2n) is 4.56. The van der Waals surface area contributed by atoms with Gasteiger partial charge in [-0.15, -0.1) is 24.0 Å². The number of benzene rings is 1. The van der Waals surface area contributed by atoms with E-state index in [1.807, 2.05) is 18.2 Å². The van der Waals surface area contributed by atoms with Crippen LogP contribution in [0.5, 0.6) is 11.5 Å². The van der Waals surface area contributed by atoms with E-state index in [4.69, 9.17) is 19.9 Å². The normalized spacial score (nSPS) is 18.0. The van der Waals surface area contributed by atoms with Crippen molar-refractivity contribution in [3.63, 3.8) is 0 Å². The first-order chi connectivity index (χ1) is 9.72. The van der Waals surface area contributed by atoms with Gasteiger partial charge in [0, 0.05) is 18.4 Å². The van der Waals surface area contributed by atoms with E-state index < -0.39 is 0 Å². The fourth-order valence-electron chi connectivity index (χ4n) is 2.09. The van der Waals surface area contributed by atoms with Crippen LogP contribution in [0.25, 0.3) is 0 Å². The number of nitrogens with two attached hydrogens (primary N) is 1. The summed E-state index contributed by atoms with van der Waals surface area (Å²) in [5, 5.41) is 3.03. The molecular weight excluding hydrogens is 385 g/mol. The van der Waals surface area contributed by atoms with Gasteiger partial charge in [-0.25, -0.2) is 0 Å². The Bertz CT molecular complexity index is 477. The Labute approximate surface area is 142 Å². The SMILES string of the molecule is COc1ccc(NC(N)=NCC2CCCO2)cc1OC.I. The molecule has 1 saturated heterocycles. The summed E-state index contributed by atoms with van der Waals surface area (Å²) in [5.74, 6) is 1.69. The Balaban J connectivity index is 0.00000220. The fraction of sp³-hybridized carbons (Fsp3) is 0.500. The zero-order chi connectivity index (χ0) is 14.4. The fourth-order valence-corrected chi connectivity index (χ4v) is 2.09. The van der Waals surface area contributed by atoms with Crippen LogP contribution in [0, 0.1) is 0 Å². The molecule has 1 atom stereocenters. The number of halogens is 1. The first-order valence-electron chi connectivity index (χ1n) is 6.63. The van der Waals surface area contributed by atoms with Crippen molar-refractivity contribution >= 4 is 35.6 Å². The Hall–Kier alpha value is -1.22. The van der Waals surface area contributed by atoms with Gasteiger partial charge in [0.15, 0.2) is 17.5 Å². The van der Waals surface area contributed by atoms with Crippen LogP contribution < -0.4 is 20.5 Å². The first kappa shape index (κ1) is 17.8. The highest BCUT2D eigenvalue weighted by molar-refractivity contribution is 14.0. The maximum absolute atomic E-state index is 5.86. The van der Waals surface area contributed by atoms with Crippen molar-refractivity contribution in [1.29, 1.82) is 0 Å². The first-order valence-corrected chi connectivity index (χ1v) is 6.63. The van der Waals surface area contributed by atoms with Crippen molar-refractivity contribution in [3.8, 4) is 11.5 Å². The van der Waals surface area contributed by atoms with Gasteiger partial charge in [0.2, 0.25) is 0 Å². The molecule has 118 valence electrons. The van der Waals surface area contributed by atoms with E-state index in [0.717, 1.165) is 25.1 Å². The highest BCUT2D eigenvalue weighted by Gasteiger charge is 2.14. The average Bonchev–Trinajstić information content (AvgIpc) is 2.98. The number of guanidine groups is 1. The van der Waals surface area contributed by atoms with Gasteiger partial charge in [-0.3, -0.25) is 4.99 Å². The number of methoxy groups -OCH3 is 2. The van der Waals surface area contributed by atoms with Crippen LogP contribution >= 0.6 is 24.0 Å². The molecule has 21 heavy (non-hydrogen) atoms. The van der Waals surface area contributed by atoms with Gasteiger partial charge in [-0.1, -0.05) is 0 Å². The number of aliphatic imine (C=N–C) groups is 1. The molecule has 1 aliphatic heterocycles. The molecule has 7 heteroatoms. The van der Waals surface area contributed by atoms with Crippen molar-refractivity contribution in [2.75, 3.05) is 32.7 Å². The predicted octanol–water partition coefficient (Wildman–Crippen LogP) is 2.23. The minimum absolute atomic E-state index is 0. The molecule has 1 aromatic rings. The van der Waals surface area contributed by atoms with Gasteiger partial charge in [-0.05, 0) is 25.0 Å². The summed E-state index contributed by atoms with van der Waals surface area (Å²) in [6, 6.07) is 5.48. The third-order valence-electron chi connectivity index (χ3n) is 3.15. The summed E-state index contributed by atoms with van der Waals surface area (Å²) in [7, 11) is 3.19. The Morgan fingerprint density at radius 1 is 1.38 bits per heavy atom. The summed E-state index contributed by atoms with van der Waals surface area (Å²) in [4.78, 5) is 4.29. The second kappa shape index (κ2) is 8.93. The zero-order valence-electron chi connectivity index (χ0n) is 12.3. The van der Waals surface area contributed by atoms with Crippen LogP contribution in [0.4, 0.5) is 5.69 Å². The lowest BCUT2D eigenvalue weighted by molar-refractivity contribution is 0.118. The lowest BCUT2D eigenvalue weighted by Crippen LogP contribution is -2.24. The van der Waals surface area contributed by atoms with Crippen molar-refractivity contribution in [3.05, 3.63) is 18.2 Å². The van der Waals surface area contributed by atoms with E-state index in [1.54, 1.807) is 14.2 Å². The van der Waals surface area contributed by atoms with Crippen LogP contribution in [-0.4, -0.2) is 39.4 Å². The lowest BCUT2D eigenvalue weighted by atomic mass is 10.2. The molecule has 0 amide bonds. The summed E-state index contributed by atoms with van der Waals surface area (Å²) in [6.45, 7) is 1.41. The second-order valence-corrected chi connectivity index (χ2v) is 4.56. The standard InChI is InChI=1S/C14H21N3O3.HI/c1-18-12-6-5-10(8-13(12)19-2)17-14(15)16-9-11-4-3-7-20-11;/h5-6,8,11H,3-4,7,9H2,1-2H3,(H3,15,16,17);1H. The topological polar surface area (TPSA) is 78.1 Å². The third-order valence-corrected chi connectivity index (χ3v) is 3.15. The van der Waals surface area contributed by atoms with E-state index in [0.29, 0.717) is 24.0 Å². The third kappa shape index (κ3) is 5.24. The van der Waals surface area contributed by atoms with Crippen LogP contribution in [0.3, 0.4) is 0 Å². The Kier molecular flexibility index (Phi) is 7.58. The molecule has 1 aliphatic rings. The lowest BCUT2D eigenvalue weighted by Gasteiger charge is -2.11. The molecule has 0 saturated carbocycles. The summed E-state index contributed by atoms with van der Waals surface area (Å²) >= 11 is 0. The molecule has 0 aliphatic carbocycles. The van der Waals surface area contributed by atoms with E-state index >= 15 is 0 Å². The number of ether oxygens (including phenoxy) is 3. The molecular formula is C14H22IN3O3. The highest BCUT2D eigenvalue weighted by atomic mass is 127. The molecule has 1 fully saturated rings. The molecule has 0 bridgehead atoms. The molecule has 2 rings (SSSR count). The number of rotatable bonds is 5. The van der Waals surface area contributed by atoms with Crippen molar-refractivity contribution in [2.45, 2.75) is 18.9 Å². The van der Waals surface area contributed by atoms with Crippen molar-refractivity contribution in [2.24, 2.45) is 10.7 Å². The van der Waals surface area contributed by atoms with E-state index in [1.165, 1.54) is 0 Å². The molecule has 1 aromatic carbocycles. The average molecular weight is 407 g/mol. The van der Waals surface area contributed by atoms with Crippen molar-refractivity contribution in [1.82, 2.24) is 0 Å². The van der Waals surface area contributed by atoms with Gasteiger partial charge in [0.05, 0.1) is 26.9 Å². The number of anilines is 1. The predicted molar refractivity (Wildman–Crippen MR) is 94.0 cm³/mol. The molecule has 0 radical (unpaired) electrons. The highest BCUT2D eigenvalue weighted by Crippen LogP contribution is 2.29. The number of hydrogen-bond donors (Lipinski definition) is 2. The van der Waals surface area contributed by atoms with Crippen molar-refractivity contribution < 1.29 is 14.2 Å². The maximum atomic E-state index is 5.86. The Morgan fingerprint density at radius 3 is 2.76 bits per heavy atom. The molecule has 1 unspecified atom stereocenters. The van der Waals surface area contributed by atoms with Gasteiger partial charge >= 0.3 is 0 Å². The van der Waals surface area contributed by atoms with Crippen LogP contribution in [0.15, 0.2) is 23.2 Å². The van der Waals surface area contributed by atoms with Gasteiger partial charge in [-0.2, -0.15) is 0 Å². The molecule has 6 nitrogen and oxygen atoms in total. The largest absolute Gasteiger partial charge is 0.493 e. The van der Waals surface area contributed by atoms with Gasteiger partial charge in [0.1, 0.15) is 0 Å². The van der Waals surface area contributed by atoms with Gasteiger partial charge < -0.3 is 25.3 Å². The number of nitrogens with zero attached hydrogens (tertiary/aromatic N) is 1. The van der Waals surface area contributed by atoms with Crippen LogP contribution in [0.1, 0.15) is 12.8 Å². The minimum Gasteiger partial charge on any atom is -0.493 e.